The Hall–Kier alpha value is -4.08. The summed E-state index contributed by atoms with van der Waals surface area (Å²) in [5, 5.41) is 30.0. The third-order valence-corrected chi connectivity index (χ3v) is 10.4. The molecule has 0 aromatic rings. The lowest BCUT2D eigenvalue weighted by molar-refractivity contribution is -0.148. The number of phosphoric ester groups is 2. The molecular formula is C51H78O15P2. The maximum Gasteiger partial charge on any atom is 0.472 e. The number of hydrogen-bond donors (Lipinski definition) is 5. The predicted octanol–water partition coefficient (Wildman–Crippen LogP) is 10.6. The average Bonchev–Trinajstić information content (AvgIpc) is 3.31. The van der Waals surface area contributed by atoms with E-state index >= 15 is 0 Å². The second-order valence-corrected chi connectivity index (χ2v) is 17.7. The summed E-state index contributed by atoms with van der Waals surface area (Å²) in [5.41, 5.74) is 0. The summed E-state index contributed by atoms with van der Waals surface area (Å²) >= 11 is 0. The molecule has 5 unspecified atom stereocenters. The Balaban J connectivity index is 4.06. The molecule has 0 aromatic carbocycles. The van der Waals surface area contributed by atoms with Gasteiger partial charge in [-0.05, 0) is 70.6 Å². The van der Waals surface area contributed by atoms with Crippen LogP contribution in [0, 0.1) is 0 Å². The van der Waals surface area contributed by atoms with Gasteiger partial charge < -0.3 is 34.6 Å². The number of esters is 2. The minimum absolute atomic E-state index is 0.0620. The predicted molar refractivity (Wildman–Crippen MR) is 269 cm³/mol. The van der Waals surface area contributed by atoms with E-state index in [4.69, 9.17) is 9.47 Å². The Morgan fingerprint density at radius 1 is 0.397 bits per heavy atom. The molecule has 0 fully saturated rings. The lowest BCUT2D eigenvalue weighted by Crippen LogP contribution is -2.25. The van der Waals surface area contributed by atoms with Gasteiger partial charge in [-0.1, -0.05) is 166 Å². The Morgan fingerprint density at radius 3 is 1.15 bits per heavy atom. The summed E-state index contributed by atoms with van der Waals surface area (Å²) in [5.74, 6) is -1.13. The van der Waals surface area contributed by atoms with Crippen LogP contribution in [-0.2, 0) is 46.3 Å². The largest absolute Gasteiger partial charge is 0.472 e. The molecule has 382 valence electrons. The summed E-state index contributed by atoms with van der Waals surface area (Å²) in [4.78, 5) is 43.7. The van der Waals surface area contributed by atoms with Crippen molar-refractivity contribution in [3.05, 3.63) is 146 Å². The first-order chi connectivity index (χ1) is 32.8. The first-order valence-corrected chi connectivity index (χ1v) is 26.3. The summed E-state index contributed by atoms with van der Waals surface area (Å²) in [7, 11) is -9.63. The SMILES string of the molecule is CC\C=C/C=C/C=C/C=C\C=C\C=C\CCCCCC(=O)OCC(O)COP(=O)(O)OCC(O)COP(=O)(O)OCC(O)COC(=O)CC/C=C\C/C=C\C/C=C\C/C=C\C/C=C\C/C=C\CC. The standard InChI is InChI=1S/C51H78O15P2/c1-3-5-7-9-11-13-15-17-19-21-22-24-26-28-30-32-34-36-38-40-51(56)62-42-48(53)44-64-68(59,60)66-46-49(54)45-65-67(57,58)63-43-47(52)41-61-50(55)39-37-35-33-31-29-27-25-23-20-18-16-14-12-10-8-6-4-2/h5-8,10-14,16-20,22-25,27-30,34,36,47-49,52-54H,3-4,9,15,21,26,31-33,35,37-46H2,1-2H3,(H,57,58)(H,59,60)/b7-5-,8-6-,12-10+,13-11-,16-14+,19-17-,20-18-,24-22-,25-23+,29-27+,30-28-,36-34-. The third kappa shape index (κ3) is 47.0. The van der Waals surface area contributed by atoms with Gasteiger partial charge in [0.1, 0.15) is 31.5 Å². The maximum absolute atomic E-state index is 12.2. The summed E-state index contributed by atoms with van der Waals surface area (Å²) < 4.78 is 52.8. The molecule has 0 rings (SSSR count). The van der Waals surface area contributed by atoms with Gasteiger partial charge in [-0.15, -0.1) is 0 Å². The van der Waals surface area contributed by atoms with E-state index in [2.05, 4.69) is 92.7 Å². The molecule has 0 aromatic heterocycles. The first kappa shape index (κ1) is 63.9. The van der Waals surface area contributed by atoms with Crippen molar-refractivity contribution in [3.63, 3.8) is 0 Å². The number of allylic oxidation sites excluding steroid dienone is 24. The molecule has 5 atom stereocenters. The van der Waals surface area contributed by atoms with Crippen molar-refractivity contribution in [2.24, 2.45) is 0 Å². The monoisotopic (exact) mass is 992 g/mol. The molecule has 0 aliphatic rings. The van der Waals surface area contributed by atoms with E-state index < -0.39 is 85.5 Å². The normalized spacial score (nSPS) is 16.3. The van der Waals surface area contributed by atoms with E-state index in [1.165, 1.54) is 0 Å². The molecule has 15 nitrogen and oxygen atoms in total. The number of phosphoric acid groups is 2. The van der Waals surface area contributed by atoms with Gasteiger partial charge >= 0.3 is 27.6 Å². The van der Waals surface area contributed by atoms with E-state index in [0.29, 0.717) is 19.3 Å². The average molecular weight is 993 g/mol. The lowest BCUT2D eigenvalue weighted by Gasteiger charge is -2.19. The van der Waals surface area contributed by atoms with Crippen molar-refractivity contribution in [1.29, 1.82) is 0 Å². The molecule has 0 saturated carbocycles. The zero-order valence-electron chi connectivity index (χ0n) is 39.9. The fourth-order valence-corrected chi connectivity index (χ4v) is 6.51. The van der Waals surface area contributed by atoms with Gasteiger partial charge in [0, 0.05) is 12.8 Å². The molecule has 17 heteroatoms. The maximum atomic E-state index is 12.2. The van der Waals surface area contributed by atoms with Crippen LogP contribution in [0.1, 0.15) is 104 Å². The highest BCUT2D eigenvalue weighted by atomic mass is 31.2. The van der Waals surface area contributed by atoms with Crippen LogP contribution in [0.2, 0.25) is 0 Å². The molecule has 0 saturated heterocycles. The number of hydrogen-bond acceptors (Lipinski definition) is 13. The van der Waals surface area contributed by atoms with E-state index in [1.54, 1.807) is 0 Å². The highest BCUT2D eigenvalue weighted by Crippen LogP contribution is 2.45. The number of carbonyl (C=O) groups excluding carboxylic acids is 2. The molecule has 0 heterocycles. The molecule has 0 amide bonds. The second-order valence-electron chi connectivity index (χ2n) is 14.8. The molecule has 0 radical (unpaired) electrons. The highest BCUT2D eigenvalue weighted by Gasteiger charge is 2.28. The van der Waals surface area contributed by atoms with Crippen LogP contribution in [0.4, 0.5) is 0 Å². The van der Waals surface area contributed by atoms with Crippen LogP contribution in [0.3, 0.4) is 0 Å². The van der Waals surface area contributed by atoms with Gasteiger partial charge in [0.2, 0.25) is 0 Å². The van der Waals surface area contributed by atoms with Gasteiger partial charge in [0.05, 0.1) is 26.4 Å². The van der Waals surface area contributed by atoms with Crippen molar-refractivity contribution < 1.29 is 71.4 Å². The Labute approximate surface area is 405 Å². The topological polar surface area (TPSA) is 225 Å². The molecule has 0 aliphatic heterocycles. The lowest BCUT2D eigenvalue weighted by atomic mass is 10.1. The fraction of sp³-hybridized carbons (Fsp3) is 0.490. The zero-order chi connectivity index (χ0) is 50.2. The number of aliphatic hydroxyl groups excluding tert-OH is 3. The van der Waals surface area contributed by atoms with Gasteiger partial charge in [0.15, 0.2) is 0 Å². The van der Waals surface area contributed by atoms with Gasteiger partial charge in [-0.3, -0.25) is 27.7 Å². The minimum atomic E-state index is -4.82. The van der Waals surface area contributed by atoms with Crippen molar-refractivity contribution in [2.75, 3.05) is 39.6 Å². The van der Waals surface area contributed by atoms with Crippen molar-refractivity contribution in [3.8, 4) is 0 Å². The van der Waals surface area contributed by atoms with Crippen molar-refractivity contribution in [2.45, 2.75) is 122 Å². The molecule has 0 aliphatic carbocycles. The van der Waals surface area contributed by atoms with Crippen LogP contribution < -0.4 is 0 Å². The minimum Gasteiger partial charge on any atom is -0.463 e. The van der Waals surface area contributed by atoms with E-state index in [1.807, 2.05) is 85.1 Å². The highest BCUT2D eigenvalue weighted by molar-refractivity contribution is 7.47. The van der Waals surface area contributed by atoms with Crippen LogP contribution in [-0.4, -0.2) is 95.0 Å². The number of unbranched alkanes of at least 4 members (excludes halogenated alkanes) is 3. The van der Waals surface area contributed by atoms with Crippen LogP contribution in [0.15, 0.2) is 146 Å². The molecular weight excluding hydrogens is 914 g/mol. The van der Waals surface area contributed by atoms with E-state index in [-0.39, 0.29) is 12.8 Å². The van der Waals surface area contributed by atoms with Crippen molar-refractivity contribution >= 4 is 27.6 Å². The molecule has 68 heavy (non-hydrogen) atoms. The van der Waals surface area contributed by atoms with Gasteiger partial charge in [0.25, 0.3) is 0 Å². The third-order valence-electron chi connectivity index (χ3n) is 8.46. The smallest absolute Gasteiger partial charge is 0.463 e. The zero-order valence-corrected chi connectivity index (χ0v) is 41.7. The Morgan fingerprint density at radius 2 is 0.735 bits per heavy atom. The number of ether oxygens (including phenoxy) is 2. The quantitative estimate of drug-likeness (QED) is 0.0126. The summed E-state index contributed by atoms with van der Waals surface area (Å²) in [6, 6.07) is 0. The van der Waals surface area contributed by atoms with Crippen LogP contribution >= 0.6 is 15.6 Å². The molecule has 0 bridgehead atoms. The first-order valence-electron chi connectivity index (χ1n) is 23.3. The number of rotatable bonds is 42. The van der Waals surface area contributed by atoms with E-state index in [0.717, 1.165) is 57.8 Å². The van der Waals surface area contributed by atoms with Crippen molar-refractivity contribution in [1.82, 2.24) is 0 Å². The Bertz CT molecular complexity index is 1770. The van der Waals surface area contributed by atoms with Gasteiger partial charge in [-0.2, -0.15) is 0 Å². The number of carbonyl (C=O) groups is 2. The summed E-state index contributed by atoms with van der Waals surface area (Å²) in [6.07, 6.45) is 54.2. The Kier molecular flexibility index (Phi) is 42.6. The summed E-state index contributed by atoms with van der Waals surface area (Å²) in [6.45, 7) is -0.0423. The molecule has 5 N–H and O–H groups in total. The number of aliphatic hydroxyl groups is 3. The van der Waals surface area contributed by atoms with Gasteiger partial charge in [-0.25, -0.2) is 9.13 Å². The fourth-order valence-electron chi connectivity index (χ4n) is 4.91. The molecule has 0 spiro atoms. The second kappa shape index (κ2) is 45.4. The van der Waals surface area contributed by atoms with Crippen LogP contribution in [0.5, 0.6) is 0 Å². The van der Waals surface area contributed by atoms with Crippen LogP contribution in [0.25, 0.3) is 0 Å². The van der Waals surface area contributed by atoms with E-state index in [9.17, 15) is 43.8 Å².